The van der Waals surface area contributed by atoms with E-state index in [1.54, 1.807) is 14.0 Å². The van der Waals surface area contributed by atoms with Crippen LogP contribution in [0.1, 0.15) is 19.8 Å². The number of ether oxygens (including phenoxy) is 1. The average Bonchev–Trinajstić information content (AvgIpc) is 1.66. The van der Waals surface area contributed by atoms with Crippen LogP contribution in [-0.4, -0.2) is 24.9 Å². The second-order valence-corrected chi connectivity index (χ2v) is 1.98. The van der Waals surface area contributed by atoms with Gasteiger partial charge in [-0.25, -0.2) is 0 Å². The summed E-state index contributed by atoms with van der Waals surface area (Å²) in [5.41, 5.74) is 0. The zero-order chi connectivity index (χ0) is 6.41. The number of hydrogen-bond acceptors (Lipinski definition) is 2. The molecule has 1 N–H and O–H groups in total. The van der Waals surface area contributed by atoms with Crippen molar-refractivity contribution in [2.24, 2.45) is 0 Å². The Hall–Kier alpha value is -0.0800. The van der Waals surface area contributed by atoms with Gasteiger partial charge < -0.3 is 9.84 Å². The highest BCUT2D eigenvalue weighted by Crippen LogP contribution is 1.93. The Morgan fingerprint density at radius 2 is 2.25 bits per heavy atom. The molecule has 2 nitrogen and oxygen atoms in total. The van der Waals surface area contributed by atoms with Crippen LogP contribution in [0.3, 0.4) is 0 Å². The summed E-state index contributed by atoms with van der Waals surface area (Å²) < 4.78 is 4.78. The van der Waals surface area contributed by atoms with E-state index in [2.05, 4.69) is 0 Å². The second-order valence-electron chi connectivity index (χ2n) is 1.98. The second kappa shape index (κ2) is 5.06. The van der Waals surface area contributed by atoms with Crippen molar-refractivity contribution in [3.63, 3.8) is 0 Å². The van der Waals surface area contributed by atoms with Gasteiger partial charge in [0.2, 0.25) is 0 Å². The first kappa shape index (κ1) is 7.92. The minimum Gasteiger partial charge on any atom is -0.393 e. The first-order chi connectivity index (χ1) is 3.77. The van der Waals surface area contributed by atoms with Crippen molar-refractivity contribution in [2.75, 3.05) is 13.7 Å². The van der Waals surface area contributed by atoms with Crippen LogP contribution in [0.15, 0.2) is 0 Å². The third-order valence-electron chi connectivity index (χ3n) is 0.970. The van der Waals surface area contributed by atoms with E-state index in [1.807, 2.05) is 0 Å². The summed E-state index contributed by atoms with van der Waals surface area (Å²) in [7, 11) is 1.67. The predicted molar refractivity (Wildman–Crippen MR) is 32.8 cm³/mol. The van der Waals surface area contributed by atoms with Gasteiger partial charge in [-0.15, -0.1) is 0 Å². The molecule has 1 atom stereocenters. The Bertz CT molecular complexity index is 43.8. The molecule has 2 heteroatoms. The zero-order valence-corrected chi connectivity index (χ0v) is 5.55. The predicted octanol–water partition coefficient (Wildman–Crippen LogP) is 0.794. The van der Waals surface area contributed by atoms with E-state index < -0.39 is 0 Å². The molecule has 0 fully saturated rings. The van der Waals surface area contributed by atoms with Crippen LogP contribution >= 0.6 is 0 Å². The number of hydrogen-bond donors (Lipinski definition) is 1. The third kappa shape index (κ3) is 5.92. The molecular formula is C6H14O2. The fourth-order valence-corrected chi connectivity index (χ4v) is 0.523. The summed E-state index contributed by atoms with van der Waals surface area (Å²) in [6.45, 7) is 2.54. The van der Waals surface area contributed by atoms with Crippen molar-refractivity contribution in [3.8, 4) is 0 Å². The van der Waals surface area contributed by atoms with Crippen LogP contribution in [0.25, 0.3) is 0 Å². The van der Waals surface area contributed by atoms with Gasteiger partial charge in [0.05, 0.1) is 6.10 Å². The maximum Gasteiger partial charge on any atom is 0.0513 e. The lowest BCUT2D eigenvalue weighted by Crippen LogP contribution is -2.00. The van der Waals surface area contributed by atoms with Crippen LogP contribution in [0.5, 0.6) is 0 Å². The SMILES string of the molecule is COCCC[C@H](C)O. The van der Waals surface area contributed by atoms with E-state index in [9.17, 15) is 0 Å². The number of methoxy groups -OCH3 is 1. The van der Waals surface area contributed by atoms with Gasteiger partial charge >= 0.3 is 0 Å². The molecule has 50 valence electrons. The molecule has 0 amide bonds. The fraction of sp³-hybridized carbons (Fsp3) is 1.00. The molecule has 0 unspecified atom stereocenters. The Kier molecular flexibility index (Phi) is 5.01. The van der Waals surface area contributed by atoms with Gasteiger partial charge in [0.1, 0.15) is 0 Å². The molecule has 0 aromatic carbocycles. The van der Waals surface area contributed by atoms with Crippen molar-refractivity contribution in [1.29, 1.82) is 0 Å². The first-order valence-electron chi connectivity index (χ1n) is 2.94. The topological polar surface area (TPSA) is 29.5 Å². The quantitative estimate of drug-likeness (QED) is 0.553. The number of aliphatic hydroxyl groups excluding tert-OH is 1. The van der Waals surface area contributed by atoms with Crippen molar-refractivity contribution in [3.05, 3.63) is 0 Å². The van der Waals surface area contributed by atoms with Crippen molar-refractivity contribution >= 4 is 0 Å². The Morgan fingerprint density at radius 1 is 1.62 bits per heavy atom. The van der Waals surface area contributed by atoms with Gasteiger partial charge in [-0.1, -0.05) is 0 Å². The summed E-state index contributed by atoms with van der Waals surface area (Å²) >= 11 is 0. The van der Waals surface area contributed by atoms with E-state index in [4.69, 9.17) is 9.84 Å². The monoisotopic (exact) mass is 118 g/mol. The van der Waals surface area contributed by atoms with Crippen LogP contribution in [-0.2, 0) is 4.74 Å². The smallest absolute Gasteiger partial charge is 0.0513 e. The highest BCUT2D eigenvalue weighted by atomic mass is 16.5. The third-order valence-corrected chi connectivity index (χ3v) is 0.970. The molecule has 0 aromatic rings. The van der Waals surface area contributed by atoms with Crippen molar-refractivity contribution < 1.29 is 9.84 Å². The van der Waals surface area contributed by atoms with E-state index >= 15 is 0 Å². The molecule has 0 aliphatic rings. The summed E-state index contributed by atoms with van der Waals surface area (Å²) in [5, 5.41) is 8.72. The van der Waals surface area contributed by atoms with Gasteiger partial charge in [-0.3, -0.25) is 0 Å². The molecule has 0 aliphatic heterocycles. The molecule has 0 aromatic heterocycles. The van der Waals surface area contributed by atoms with Gasteiger partial charge in [0.25, 0.3) is 0 Å². The van der Waals surface area contributed by atoms with E-state index in [0.29, 0.717) is 0 Å². The van der Waals surface area contributed by atoms with Crippen molar-refractivity contribution in [2.45, 2.75) is 25.9 Å². The minimum atomic E-state index is -0.176. The molecule has 0 saturated carbocycles. The molecule has 8 heavy (non-hydrogen) atoms. The molecule has 0 heterocycles. The van der Waals surface area contributed by atoms with Crippen LogP contribution in [0.4, 0.5) is 0 Å². The lowest BCUT2D eigenvalue weighted by atomic mass is 10.2. The molecule has 0 rings (SSSR count). The molecule has 0 spiro atoms. The Balaban J connectivity index is 2.72. The largest absolute Gasteiger partial charge is 0.393 e. The summed E-state index contributed by atoms with van der Waals surface area (Å²) in [6.07, 6.45) is 1.62. The normalized spacial score (nSPS) is 13.9. The fourth-order valence-electron chi connectivity index (χ4n) is 0.523. The van der Waals surface area contributed by atoms with Gasteiger partial charge in [-0.05, 0) is 19.8 Å². The summed E-state index contributed by atoms with van der Waals surface area (Å²) in [4.78, 5) is 0. The minimum absolute atomic E-state index is 0.176. The van der Waals surface area contributed by atoms with Gasteiger partial charge in [0, 0.05) is 13.7 Å². The summed E-state index contributed by atoms with van der Waals surface area (Å²) in [5.74, 6) is 0. The standard InChI is InChI=1S/C6H14O2/c1-6(7)4-3-5-8-2/h6-7H,3-5H2,1-2H3/t6-/m0/s1. The van der Waals surface area contributed by atoms with Crippen LogP contribution in [0.2, 0.25) is 0 Å². The molecular weight excluding hydrogens is 104 g/mol. The van der Waals surface area contributed by atoms with E-state index in [-0.39, 0.29) is 6.10 Å². The molecule has 0 radical (unpaired) electrons. The van der Waals surface area contributed by atoms with Crippen LogP contribution < -0.4 is 0 Å². The Labute approximate surface area is 50.5 Å². The number of aliphatic hydroxyl groups is 1. The summed E-state index contributed by atoms with van der Waals surface area (Å²) in [6, 6.07) is 0. The average molecular weight is 118 g/mol. The lowest BCUT2D eigenvalue weighted by molar-refractivity contribution is 0.147. The maximum atomic E-state index is 8.72. The highest BCUT2D eigenvalue weighted by Gasteiger charge is 1.92. The molecule has 0 saturated heterocycles. The van der Waals surface area contributed by atoms with Gasteiger partial charge in [-0.2, -0.15) is 0 Å². The van der Waals surface area contributed by atoms with Crippen molar-refractivity contribution in [1.82, 2.24) is 0 Å². The highest BCUT2D eigenvalue weighted by molar-refractivity contribution is 4.44. The zero-order valence-electron chi connectivity index (χ0n) is 5.55. The Morgan fingerprint density at radius 3 is 2.62 bits per heavy atom. The molecule has 0 aliphatic carbocycles. The van der Waals surface area contributed by atoms with E-state index in [0.717, 1.165) is 19.4 Å². The number of rotatable bonds is 4. The maximum absolute atomic E-state index is 8.72. The first-order valence-corrected chi connectivity index (χ1v) is 2.94. The van der Waals surface area contributed by atoms with Gasteiger partial charge in [0.15, 0.2) is 0 Å². The molecule has 0 bridgehead atoms. The lowest BCUT2D eigenvalue weighted by Gasteiger charge is -2.00. The van der Waals surface area contributed by atoms with E-state index in [1.165, 1.54) is 0 Å². The van der Waals surface area contributed by atoms with Crippen LogP contribution in [0, 0.1) is 0 Å².